The average molecular weight is 701 g/mol. The minimum Gasteiger partial charge on any atom is -0.507 e. The number of ether oxygens (including phenoxy) is 4. The Balaban J connectivity index is 1.42. The van der Waals surface area contributed by atoms with E-state index in [0.29, 0.717) is 75.1 Å². The number of hydrogen-bond acceptors (Lipinski definition) is 11. The summed E-state index contributed by atoms with van der Waals surface area (Å²) >= 11 is 14.9. The van der Waals surface area contributed by atoms with Crippen LogP contribution in [0.1, 0.15) is 36.6 Å². The summed E-state index contributed by atoms with van der Waals surface area (Å²) in [7, 11) is 0. The molecule has 0 radical (unpaired) electrons. The summed E-state index contributed by atoms with van der Waals surface area (Å²) in [6.45, 7) is 5.21. The Morgan fingerprint density at radius 3 is 2.50 bits per heavy atom. The third kappa shape index (κ3) is 6.35. The second kappa shape index (κ2) is 13.8. The molecule has 46 heavy (non-hydrogen) atoms. The molecule has 0 aliphatic carbocycles. The Morgan fingerprint density at radius 1 is 0.978 bits per heavy atom. The number of aliphatic hydroxyl groups is 1. The first-order valence-corrected chi connectivity index (χ1v) is 16.9. The van der Waals surface area contributed by atoms with Crippen LogP contribution < -0.4 is 23.8 Å². The highest BCUT2D eigenvalue weighted by atomic mass is 35.5. The van der Waals surface area contributed by atoms with E-state index in [0.717, 1.165) is 16.9 Å². The molecule has 1 saturated heterocycles. The Morgan fingerprint density at radius 2 is 1.74 bits per heavy atom. The van der Waals surface area contributed by atoms with E-state index in [9.17, 15) is 14.7 Å². The van der Waals surface area contributed by atoms with Gasteiger partial charge in [0.15, 0.2) is 27.3 Å². The van der Waals surface area contributed by atoms with E-state index in [1.54, 1.807) is 48.5 Å². The number of nitrogens with zero attached hydrogens (tertiary/aromatic N) is 3. The van der Waals surface area contributed by atoms with E-state index in [1.807, 2.05) is 19.9 Å². The van der Waals surface area contributed by atoms with E-state index >= 15 is 0 Å². The lowest BCUT2D eigenvalue weighted by molar-refractivity contribution is -0.132. The first kappa shape index (κ1) is 32.0. The molecule has 10 nitrogen and oxygen atoms in total. The highest BCUT2D eigenvalue weighted by molar-refractivity contribution is 8.00. The molecule has 3 heterocycles. The lowest BCUT2D eigenvalue weighted by Gasteiger charge is -2.24. The molecule has 4 aromatic rings. The van der Waals surface area contributed by atoms with Crippen LogP contribution in [0.3, 0.4) is 0 Å². The molecule has 1 fully saturated rings. The molecule has 1 atom stereocenters. The Kier molecular flexibility index (Phi) is 9.60. The Labute approximate surface area is 282 Å². The van der Waals surface area contributed by atoms with Crippen LogP contribution in [0.4, 0.5) is 5.13 Å². The smallest absolute Gasteiger partial charge is 0.301 e. The van der Waals surface area contributed by atoms with Crippen LogP contribution in [0.2, 0.25) is 10.0 Å². The number of amides is 1. The number of fused-ring (bicyclic) bond motifs is 1. The molecule has 2 aliphatic rings. The fraction of sp³-hybridized carbons (Fsp3) is 0.250. The van der Waals surface area contributed by atoms with Crippen molar-refractivity contribution in [1.82, 2.24) is 10.2 Å². The first-order valence-electron chi connectivity index (χ1n) is 14.3. The molecule has 1 aromatic heterocycles. The minimum atomic E-state index is -1.06. The van der Waals surface area contributed by atoms with Crippen LogP contribution in [0.5, 0.6) is 23.0 Å². The van der Waals surface area contributed by atoms with Crippen molar-refractivity contribution >= 4 is 68.9 Å². The van der Waals surface area contributed by atoms with Gasteiger partial charge in [-0.25, -0.2) is 0 Å². The number of rotatable bonds is 10. The van der Waals surface area contributed by atoms with Crippen LogP contribution in [-0.2, 0) is 15.3 Å². The normalized spacial score (nSPS) is 17.0. The quantitative estimate of drug-likeness (QED) is 0.0592. The van der Waals surface area contributed by atoms with Crippen molar-refractivity contribution in [3.63, 3.8) is 0 Å². The van der Waals surface area contributed by atoms with Gasteiger partial charge in [-0.2, -0.15) is 0 Å². The number of anilines is 1. The molecule has 0 saturated carbocycles. The molecule has 238 valence electrons. The first-order chi connectivity index (χ1) is 22.3. The zero-order valence-electron chi connectivity index (χ0n) is 24.6. The number of aromatic nitrogens is 2. The molecule has 2 aliphatic heterocycles. The molecular formula is C32H27Cl2N3O7S2. The molecule has 0 spiro atoms. The Hall–Kier alpha value is -3.97. The summed E-state index contributed by atoms with van der Waals surface area (Å²) in [4.78, 5) is 28.7. The predicted molar refractivity (Wildman–Crippen MR) is 177 cm³/mol. The topological polar surface area (TPSA) is 120 Å². The van der Waals surface area contributed by atoms with Gasteiger partial charge in [0.1, 0.15) is 19.0 Å². The summed E-state index contributed by atoms with van der Waals surface area (Å²) in [5, 5.41) is 21.5. The lowest BCUT2D eigenvalue weighted by Crippen LogP contribution is -2.29. The maximum Gasteiger partial charge on any atom is 0.301 e. The van der Waals surface area contributed by atoms with Gasteiger partial charge in [-0.15, -0.1) is 10.2 Å². The summed E-state index contributed by atoms with van der Waals surface area (Å²) in [6.07, 6.45) is 0. The molecule has 1 N–H and O–H groups in total. The van der Waals surface area contributed by atoms with Crippen molar-refractivity contribution in [3.8, 4) is 23.0 Å². The van der Waals surface area contributed by atoms with E-state index < -0.39 is 17.7 Å². The Bertz CT molecular complexity index is 1850. The number of aliphatic hydroxyl groups excluding tert-OH is 1. The monoisotopic (exact) mass is 699 g/mol. The number of hydrogen-bond donors (Lipinski definition) is 1. The average Bonchev–Trinajstić information content (AvgIpc) is 3.62. The van der Waals surface area contributed by atoms with Crippen LogP contribution in [0.25, 0.3) is 5.76 Å². The minimum absolute atomic E-state index is 0.120. The van der Waals surface area contributed by atoms with Gasteiger partial charge in [0.25, 0.3) is 5.78 Å². The van der Waals surface area contributed by atoms with Crippen molar-refractivity contribution in [2.45, 2.75) is 30.0 Å². The molecular weight excluding hydrogens is 673 g/mol. The summed E-state index contributed by atoms with van der Waals surface area (Å²) in [5.41, 5.74) is 1.52. The predicted octanol–water partition coefficient (Wildman–Crippen LogP) is 7.33. The van der Waals surface area contributed by atoms with Gasteiger partial charge >= 0.3 is 5.91 Å². The van der Waals surface area contributed by atoms with Gasteiger partial charge in [-0.05, 0) is 67.4 Å². The third-order valence-corrected chi connectivity index (χ3v) is 9.80. The summed E-state index contributed by atoms with van der Waals surface area (Å²) < 4.78 is 23.4. The van der Waals surface area contributed by atoms with Gasteiger partial charge in [0.2, 0.25) is 5.13 Å². The maximum atomic E-state index is 13.7. The second-order valence-corrected chi connectivity index (χ2v) is 13.0. The second-order valence-electron chi connectivity index (χ2n) is 9.97. The molecule has 0 unspecified atom stereocenters. The van der Waals surface area contributed by atoms with Crippen LogP contribution in [0.15, 0.2) is 64.5 Å². The van der Waals surface area contributed by atoms with Gasteiger partial charge in [0.05, 0.1) is 24.8 Å². The molecule has 14 heteroatoms. The van der Waals surface area contributed by atoms with Crippen LogP contribution >= 0.6 is 46.3 Å². The van der Waals surface area contributed by atoms with Crippen LogP contribution in [0, 0.1) is 0 Å². The zero-order chi connectivity index (χ0) is 32.4. The third-order valence-electron chi connectivity index (χ3n) is 7.11. The number of carbonyl (C=O) groups is 2. The molecule has 3 aromatic carbocycles. The number of thioether (sulfide) groups is 1. The van der Waals surface area contributed by atoms with Crippen molar-refractivity contribution in [1.29, 1.82) is 0 Å². The number of benzene rings is 3. The highest BCUT2D eigenvalue weighted by Crippen LogP contribution is 2.46. The standard InChI is InChI=1S/C32H27Cl2N3O7S2/c1-3-41-22-9-6-17(13-24(22)42-4-2)27-26(28(38)18-7-10-23-25(14-18)44-12-11-43-23)29(39)30(40)37(27)31-35-36-32(46-31)45-16-19-5-8-20(33)15-21(19)34/h5-10,13-15,27,38H,3-4,11-12,16H2,1-2H3/b28-26+/t27-/m1/s1. The molecule has 0 bridgehead atoms. The maximum absolute atomic E-state index is 13.7. The van der Waals surface area contributed by atoms with Gasteiger partial charge in [-0.1, -0.05) is 58.4 Å². The summed E-state index contributed by atoms with van der Waals surface area (Å²) in [6, 6.07) is 14.2. The van der Waals surface area contributed by atoms with Gasteiger partial charge < -0.3 is 24.1 Å². The number of halogens is 2. The number of ketones is 1. The SMILES string of the molecule is CCOc1ccc([C@@H]2/C(=C(\O)c3ccc4c(c3)OCCO4)C(=O)C(=O)N2c2nnc(SCc3ccc(Cl)cc3Cl)s2)cc1OCC. The van der Waals surface area contributed by atoms with Crippen molar-refractivity contribution in [2.24, 2.45) is 0 Å². The van der Waals surface area contributed by atoms with Crippen molar-refractivity contribution in [3.05, 3.63) is 86.9 Å². The lowest BCUT2D eigenvalue weighted by atomic mass is 9.95. The van der Waals surface area contributed by atoms with Gasteiger partial charge in [-0.3, -0.25) is 14.5 Å². The summed E-state index contributed by atoms with van der Waals surface area (Å²) in [5.74, 6) is 0.261. The van der Waals surface area contributed by atoms with Crippen molar-refractivity contribution < 1.29 is 33.6 Å². The number of carbonyl (C=O) groups excluding carboxylic acids is 2. The van der Waals surface area contributed by atoms with E-state index in [-0.39, 0.29) is 22.0 Å². The van der Waals surface area contributed by atoms with E-state index in [2.05, 4.69) is 10.2 Å². The highest BCUT2D eigenvalue weighted by Gasteiger charge is 2.48. The van der Waals surface area contributed by atoms with Crippen LogP contribution in [-0.4, -0.2) is 53.4 Å². The van der Waals surface area contributed by atoms with Gasteiger partial charge in [0, 0.05) is 21.4 Å². The molecule has 6 rings (SSSR count). The largest absolute Gasteiger partial charge is 0.507 e. The fourth-order valence-electron chi connectivity index (χ4n) is 5.07. The number of Topliss-reactive ketones (excluding diaryl/α,β-unsaturated/α-hetero) is 1. The fourth-order valence-corrected chi connectivity index (χ4v) is 7.49. The van der Waals surface area contributed by atoms with Crippen molar-refractivity contribution in [2.75, 3.05) is 31.3 Å². The van der Waals surface area contributed by atoms with E-state index in [1.165, 1.54) is 16.7 Å². The zero-order valence-corrected chi connectivity index (χ0v) is 27.8. The van der Waals surface area contributed by atoms with E-state index in [4.69, 9.17) is 42.1 Å². The molecule has 1 amide bonds.